The molecule has 0 aromatic heterocycles. The van der Waals surface area contributed by atoms with E-state index in [1.807, 2.05) is 24.3 Å². The molecule has 0 amide bonds. The van der Waals surface area contributed by atoms with Gasteiger partial charge in [-0.2, -0.15) is 0 Å². The summed E-state index contributed by atoms with van der Waals surface area (Å²) in [6, 6.07) is 14.0. The number of carbonyl (C=O) groups is 3. The van der Waals surface area contributed by atoms with Gasteiger partial charge in [0.25, 0.3) is 0 Å². The van der Waals surface area contributed by atoms with Crippen molar-refractivity contribution in [3.05, 3.63) is 83.6 Å². The van der Waals surface area contributed by atoms with Crippen LogP contribution in [0.25, 0.3) is 12.2 Å². The number of carbonyl (C=O) groups excluding carboxylic acids is 3. The van der Waals surface area contributed by atoms with E-state index in [1.165, 1.54) is 26.0 Å². The summed E-state index contributed by atoms with van der Waals surface area (Å²) in [7, 11) is 0. The summed E-state index contributed by atoms with van der Waals surface area (Å²) in [5, 5.41) is 3.28. The highest BCUT2D eigenvalue weighted by Crippen LogP contribution is 2.15. The molecule has 0 bridgehead atoms. The lowest BCUT2D eigenvalue weighted by molar-refractivity contribution is -0.132. The van der Waals surface area contributed by atoms with Crippen molar-refractivity contribution in [3.8, 4) is 11.5 Å². The van der Waals surface area contributed by atoms with E-state index in [4.69, 9.17) is 9.47 Å². The van der Waals surface area contributed by atoms with E-state index in [9.17, 15) is 14.4 Å². The molecule has 0 saturated heterocycles. The van der Waals surface area contributed by atoms with Crippen LogP contribution in [0, 0.1) is 5.92 Å². The Labute approximate surface area is 194 Å². The Balaban J connectivity index is 2.09. The smallest absolute Gasteiger partial charge is 0.308 e. The highest BCUT2D eigenvalue weighted by atomic mass is 16.5. The van der Waals surface area contributed by atoms with Gasteiger partial charge in [-0.05, 0) is 53.5 Å². The number of rotatable bonds is 10. The first-order valence-corrected chi connectivity index (χ1v) is 10.6. The Morgan fingerprint density at radius 2 is 1.24 bits per heavy atom. The standard InChI is InChI=1S/C27H29NO5/c1-19(2)18-28-24(11-5-22-7-13-26(14-8-22)32-20(3)29)17-25(31)12-6-23-9-15-27(16-10-23)33-21(4)30/h5-17,19,28H,18H2,1-4H3/b11-5+,12-6+,24-17-. The summed E-state index contributed by atoms with van der Waals surface area (Å²) < 4.78 is 10.0. The predicted octanol–water partition coefficient (Wildman–Crippen LogP) is 4.96. The normalized spacial score (nSPS) is 11.7. The Bertz CT molecular complexity index is 1040. The maximum atomic E-state index is 12.5. The summed E-state index contributed by atoms with van der Waals surface area (Å²) in [4.78, 5) is 34.5. The van der Waals surface area contributed by atoms with Crippen LogP contribution in [0.15, 0.2) is 72.5 Å². The van der Waals surface area contributed by atoms with E-state index < -0.39 is 0 Å². The van der Waals surface area contributed by atoms with Crippen LogP contribution in [-0.4, -0.2) is 24.3 Å². The van der Waals surface area contributed by atoms with Gasteiger partial charge in [0.05, 0.1) is 0 Å². The molecule has 0 fully saturated rings. The van der Waals surface area contributed by atoms with Crippen LogP contribution in [-0.2, 0) is 14.4 Å². The van der Waals surface area contributed by atoms with E-state index >= 15 is 0 Å². The topological polar surface area (TPSA) is 81.7 Å². The number of esters is 2. The molecule has 2 aromatic rings. The molecule has 0 unspecified atom stereocenters. The lowest BCUT2D eigenvalue weighted by atomic mass is 10.1. The van der Waals surface area contributed by atoms with Gasteiger partial charge in [0.1, 0.15) is 11.5 Å². The number of nitrogens with one attached hydrogen (secondary N) is 1. The van der Waals surface area contributed by atoms with Gasteiger partial charge in [0.15, 0.2) is 5.78 Å². The SMILES string of the molecule is CC(=O)Oc1ccc(/C=C/C(=O)/C=C(/C=C/c2ccc(OC(C)=O)cc2)NCC(C)C)cc1. The number of benzene rings is 2. The molecule has 0 spiro atoms. The van der Waals surface area contributed by atoms with Crippen molar-refractivity contribution in [2.75, 3.05) is 6.54 Å². The Hall–Kier alpha value is -3.93. The molecular formula is C27H29NO5. The maximum Gasteiger partial charge on any atom is 0.308 e. The van der Waals surface area contributed by atoms with E-state index in [0.29, 0.717) is 23.1 Å². The maximum absolute atomic E-state index is 12.5. The van der Waals surface area contributed by atoms with Crippen LogP contribution in [0.5, 0.6) is 11.5 Å². The van der Waals surface area contributed by atoms with Crippen molar-refractivity contribution < 1.29 is 23.9 Å². The van der Waals surface area contributed by atoms with Gasteiger partial charge in [0, 0.05) is 32.2 Å². The first kappa shape index (κ1) is 25.3. The van der Waals surface area contributed by atoms with Crippen molar-refractivity contribution >= 4 is 29.9 Å². The zero-order chi connectivity index (χ0) is 24.2. The molecule has 0 radical (unpaired) electrons. The van der Waals surface area contributed by atoms with Crippen molar-refractivity contribution in [3.63, 3.8) is 0 Å². The monoisotopic (exact) mass is 447 g/mol. The van der Waals surface area contributed by atoms with E-state index in [-0.39, 0.29) is 17.7 Å². The van der Waals surface area contributed by atoms with E-state index in [2.05, 4.69) is 19.2 Å². The van der Waals surface area contributed by atoms with Crippen molar-refractivity contribution in [2.45, 2.75) is 27.7 Å². The zero-order valence-electron chi connectivity index (χ0n) is 19.3. The van der Waals surface area contributed by atoms with Crippen LogP contribution in [0.4, 0.5) is 0 Å². The molecule has 33 heavy (non-hydrogen) atoms. The van der Waals surface area contributed by atoms with Crippen LogP contribution in [0.2, 0.25) is 0 Å². The Morgan fingerprint density at radius 1 is 0.788 bits per heavy atom. The molecule has 1 N–H and O–H groups in total. The van der Waals surface area contributed by atoms with Crippen molar-refractivity contribution in [1.29, 1.82) is 0 Å². The molecule has 0 saturated carbocycles. The first-order valence-electron chi connectivity index (χ1n) is 10.6. The Kier molecular flexibility index (Phi) is 9.83. The van der Waals surface area contributed by atoms with Crippen LogP contribution in [0.1, 0.15) is 38.8 Å². The minimum Gasteiger partial charge on any atom is -0.427 e. The second-order valence-electron chi connectivity index (χ2n) is 7.77. The number of allylic oxidation sites excluding steroid dienone is 3. The van der Waals surface area contributed by atoms with Crippen LogP contribution < -0.4 is 14.8 Å². The summed E-state index contributed by atoms with van der Waals surface area (Å²) in [6.07, 6.45) is 8.44. The van der Waals surface area contributed by atoms with Crippen molar-refractivity contribution in [1.82, 2.24) is 5.32 Å². The van der Waals surface area contributed by atoms with Gasteiger partial charge < -0.3 is 14.8 Å². The highest BCUT2D eigenvalue weighted by molar-refractivity contribution is 6.02. The molecule has 2 aromatic carbocycles. The van der Waals surface area contributed by atoms with Crippen LogP contribution in [0.3, 0.4) is 0 Å². The molecule has 0 atom stereocenters. The summed E-state index contributed by atoms with van der Waals surface area (Å²) in [5.41, 5.74) is 2.40. The number of ketones is 1. The number of hydrogen-bond donors (Lipinski definition) is 1. The Morgan fingerprint density at radius 3 is 1.67 bits per heavy atom. The van der Waals surface area contributed by atoms with Gasteiger partial charge in [-0.1, -0.05) is 50.3 Å². The highest BCUT2D eigenvalue weighted by Gasteiger charge is 2.01. The lowest BCUT2D eigenvalue weighted by Gasteiger charge is -2.09. The molecular weight excluding hydrogens is 418 g/mol. The van der Waals surface area contributed by atoms with Gasteiger partial charge in [-0.15, -0.1) is 0 Å². The average Bonchev–Trinajstić information content (AvgIpc) is 2.75. The second kappa shape index (κ2) is 12.8. The van der Waals surface area contributed by atoms with Crippen molar-refractivity contribution in [2.24, 2.45) is 5.92 Å². The zero-order valence-corrected chi connectivity index (χ0v) is 19.3. The van der Waals surface area contributed by atoms with E-state index in [1.54, 1.807) is 42.5 Å². The molecule has 6 nitrogen and oxygen atoms in total. The minimum atomic E-state index is -0.381. The van der Waals surface area contributed by atoms with Gasteiger partial charge in [-0.3, -0.25) is 14.4 Å². The van der Waals surface area contributed by atoms with E-state index in [0.717, 1.165) is 17.7 Å². The predicted molar refractivity (Wildman–Crippen MR) is 130 cm³/mol. The first-order chi connectivity index (χ1) is 15.7. The van der Waals surface area contributed by atoms with Gasteiger partial charge in [0.2, 0.25) is 0 Å². The fourth-order valence-corrected chi connectivity index (χ4v) is 2.67. The molecule has 0 aliphatic rings. The minimum absolute atomic E-state index is 0.167. The second-order valence-corrected chi connectivity index (χ2v) is 7.77. The van der Waals surface area contributed by atoms with Crippen LogP contribution >= 0.6 is 0 Å². The van der Waals surface area contributed by atoms with Gasteiger partial charge in [-0.25, -0.2) is 0 Å². The number of ether oxygens (including phenoxy) is 2. The summed E-state index contributed by atoms with van der Waals surface area (Å²) in [6.45, 7) is 7.59. The molecule has 0 aliphatic heterocycles. The number of hydrogen-bond acceptors (Lipinski definition) is 6. The quantitative estimate of drug-likeness (QED) is 0.240. The molecule has 2 rings (SSSR count). The lowest BCUT2D eigenvalue weighted by Crippen LogP contribution is -2.18. The molecule has 172 valence electrons. The molecule has 0 heterocycles. The molecule has 0 aliphatic carbocycles. The third-order valence-electron chi connectivity index (χ3n) is 4.19. The fourth-order valence-electron chi connectivity index (χ4n) is 2.67. The average molecular weight is 448 g/mol. The molecule has 6 heteroatoms. The third-order valence-corrected chi connectivity index (χ3v) is 4.19. The summed E-state index contributed by atoms with van der Waals surface area (Å²) >= 11 is 0. The van der Waals surface area contributed by atoms with Gasteiger partial charge >= 0.3 is 11.9 Å². The fraction of sp³-hybridized carbons (Fsp3) is 0.222. The largest absolute Gasteiger partial charge is 0.427 e. The third kappa shape index (κ3) is 10.3. The summed E-state index contributed by atoms with van der Waals surface area (Å²) in [5.74, 6) is 0.430.